The molecule has 2 nitrogen and oxygen atoms in total. The summed E-state index contributed by atoms with van der Waals surface area (Å²) in [4.78, 5) is 0. The number of benzene rings is 2. The minimum Gasteiger partial charge on any atom is -0.491 e. The molecule has 0 aliphatic heterocycles. The van der Waals surface area contributed by atoms with Gasteiger partial charge in [0.2, 0.25) is 11.6 Å². The molecule has 0 radical (unpaired) electrons. The normalized spacial score (nSPS) is 25.2. The second-order valence-electron chi connectivity index (χ2n) is 10.3. The summed E-state index contributed by atoms with van der Waals surface area (Å²) in [5.74, 6) is 1.34. The standard InChI is InChI=1S/C30H40F2O2/c1-3-5-21-6-10-23(11-7-21)25-14-16-26(17-15-25)24-12-8-22(9-13-24)20-34-28-19-18-27(33-4-2)29(31)30(28)32/h8-9,12-13,18-19,21,23,25-26H,3-7,10-11,14-17,20H2,1-2H3. The fourth-order valence-electron chi connectivity index (χ4n) is 6.22. The second kappa shape index (κ2) is 12.0. The van der Waals surface area contributed by atoms with Gasteiger partial charge in [-0.3, -0.25) is 0 Å². The van der Waals surface area contributed by atoms with Gasteiger partial charge in [0.15, 0.2) is 11.5 Å². The molecule has 2 aliphatic rings. The number of hydrogen-bond donors (Lipinski definition) is 0. The molecule has 34 heavy (non-hydrogen) atoms. The highest BCUT2D eigenvalue weighted by Crippen LogP contribution is 2.44. The van der Waals surface area contributed by atoms with Crippen molar-refractivity contribution in [3.8, 4) is 11.5 Å². The fourth-order valence-corrected chi connectivity index (χ4v) is 6.22. The molecule has 2 fully saturated rings. The SMILES string of the molecule is CCCC1CCC(C2CCC(c3ccc(COc4ccc(OCC)c(F)c4F)cc3)CC2)CC1. The Morgan fingerprint density at radius 3 is 1.82 bits per heavy atom. The van der Waals surface area contributed by atoms with Crippen LogP contribution < -0.4 is 9.47 Å². The molecular formula is C30H40F2O2. The van der Waals surface area contributed by atoms with E-state index in [9.17, 15) is 8.78 Å². The predicted molar refractivity (Wildman–Crippen MR) is 133 cm³/mol. The molecule has 0 N–H and O–H groups in total. The zero-order valence-corrected chi connectivity index (χ0v) is 20.8. The van der Waals surface area contributed by atoms with Crippen LogP contribution in [0.25, 0.3) is 0 Å². The van der Waals surface area contributed by atoms with Gasteiger partial charge in [0.25, 0.3) is 0 Å². The Morgan fingerprint density at radius 2 is 1.26 bits per heavy atom. The zero-order chi connectivity index (χ0) is 23.9. The Balaban J connectivity index is 1.25. The highest BCUT2D eigenvalue weighted by Gasteiger charge is 2.31. The van der Waals surface area contributed by atoms with Crippen LogP contribution in [0, 0.1) is 29.4 Å². The molecule has 2 aliphatic carbocycles. The summed E-state index contributed by atoms with van der Waals surface area (Å²) in [5, 5.41) is 0. The van der Waals surface area contributed by atoms with E-state index in [1.54, 1.807) is 6.92 Å². The second-order valence-corrected chi connectivity index (χ2v) is 10.3. The van der Waals surface area contributed by atoms with Gasteiger partial charge in [0.05, 0.1) is 6.61 Å². The average Bonchev–Trinajstić information content (AvgIpc) is 2.88. The summed E-state index contributed by atoms with van der Waals surface area (Å²) in [6.45, 7) is 4.54. The molecule has 0 heterocycles. The van der Waals surface area contributed by atoms with E-state index in [1.807, 2.05) is 0 Å². The lowest BCUT2D eigenvalue weighted by Crippen LogP contribution is -2.25. The average molecular weight is 471 g/mol. The quantitative estimate of drug-likeness (QED) is 0.364. The molecule has 0 saturated heterocycles. The Hall–Kier alpha value is -2.10. The van der Waals surface area contributed by atoms with E-state index >= 15 is 0 Å². The van der Waals surface area contributed by atoms with E-state index < -0.39 is 11.6 Å². The van der Waals surface area contributed by atoms with Crippen molar-refractivity contribution in [2.24, 2.45) is 17.8 Å². The third kappa shape index (κ3) is 6.12. The van der Waals surface area contributed by atoms with Gasteiger partial charge >= 0.3 is 0 Å². The van der Waals surface area contributed by atoms with E-state index in [1.165, 1.54) is 81.9 Å². The van der Waals surface area contributed by atoms with Crippen molar-refractivity contribution in [2.75, 3.05) is 6.61 Å². The first-order valence-electron chi connectivity index (χ1n) is 13.4. The first-order chi connectivity index (χ1) is 16.6. The first-order valence-corrected chi connectivity index (χ1v) is 13.4. The lowest BCUT2D eigenvalue weighted by molar-refractivity contribution is 0.156. The summed E-state index contributed by atoms with van der Waals surface area (Å²) in [6, 6.07) is 11.3. The summed E-state index contributed by atoms with van der Waals surface area (Å²) < 4.78 is 38.9. The molecule has 2 saturated carbocycles. The van der Waals surface area contributed by atoms with E-state index in [2.05, 4.69) is 31.2 Å². The molecule has 4 heteroatoms. The Labute approximate surface area is 204 Å². The molecule has 0 aromatic heterocycles. The van der Waals surface area contributed by atoms with Crippen LogP contribution in [0.4, 0.5) is 8.78 Å². The number of halogens is 2. The number of hydrogen-bond acceptors (Lipinski definition) is 2. The first kappa shape index (κ1) is 25.0. The molecule has 0 unspecified atom stereocenters. The van der Waals surface area contributed by atoms with E-state index in [-0.39, 0.29) is 24.7 Å². The van der Waals surface area contributed by atoms with Crippen molar-refractivity contribution in [3.63, 3.8) is 0 Å². The van der Waals surface area contributed by atoms with Crippen LogP contribution in [-0.2, 0) is 6.61 Å². The van der Waals surface area contributed by atoms with Crippen LogP contribution in [0.15, 0.2) is 36.4 Å². The van der Waals surface area contributed by atoms with Crippen molar-refractivity contribution in [3.05, 3.63) is 59.2 Å². The van der Waals surface area contributed by atoms with Crippen molar-refractivity contribution < 1.29 is 18.3 Å². The lowest BCUT2D eigenvalue weighted by atomic mass is 9.68. The monoisotopic (exact) mass is 470 g/mol. The largest absolute Gasteiger partial charge is 0.491 e. The van der Waals surface area contributed by atoms with Crippen molar-refractivity contribution in [2.45, 2.75) is 90.6 Å². The maximum atomic E-state index is 14.2. The summed E-state index contributed by atoms with van der Waals surface area (Å²) in [6.07, 6.45) is 13.9. The van der Waals surface area contributed by atoms with E-state index in [4.69, 9.17) is 9.47 Å². The van der Waals surface area contributed by atoms with Gasteiger partial charge in [-0.15, -0.1) is 0 Å². The van der Waals surface area contributed by atoms with Crippen molar-refractivity contribution in [1.29, 1.82) is 0 Å². The third-order valence-corrected chi connectivity index (χ3v) is 8.18. The van der Waals surface area contributed by atoms with Crippen molar-refractivity contribution in [1.82, 2.24) is 0 Å². The van der Waals surface area contributed by atoms with Crippen LogP contribution in [0.3, 0.4) is 0 Å². The van der Waals surface area contributed by atoms with Crippen LogP contribution in [0.1, 0.15) is 95.1 Å². The molecule has 0 bridgehead atoms. The van der Waals surface area contributed by atoms with Crippen LogP contribution in [0.2, 0.25) is 0 Å². The molecule has 0 spiro atoms. The molecule has 186 valence electrons. The number of rotatable bonds is 9. The molecular weight excluding hydrogens is 430 g/mol. The fraction of sp³-hybridized carbons (Fsp3) is 0.600. The van der Waals surface area contributed by atoms with Gasteiger partial charge in [-0.25, -0.2) is 0 Å². The number of ether oxygens (including phenoxy) is 2. The van der Waals surface area contributed by atoms with Gasteiger partial charge in [-0.05, 0) is 92.4 Å². The molecule has 4 rings (SSSR count). The summed E-state index contributed by atoms with van der Waals surface area (Å²) in [7, 11) is 0. The minimum atomic E-state index is -1.00. The smallest absolute Gasteiger partial charge is 0.204 e. The zero-order valence-electron chi connectivity index (χ0n) is 20.8. The predicted octanol–water partition coefficient (Wildman–Crippen LogP) is 8.82. The molecule has 0 atom stereocenters. The highest BCUT2D eigenvalue weighted by atomic mass is 19.2. The van der Waals surface area contributed by atoms with E-state index in [0.29, 0.717) is 5.92 Å². The summed E-state index contributed by atoms with van der Waals surface area (Å²) in [5.41, 5.74) is 2.35. The van der Waals surface area contributed by atoms with Gasteiger partial charge in [0.1, 0.15) is 6.61 Å². The third-order valence-electron chi connectivity index (χ3n) is 8.18. The summed E-state index contributed by atoms with van der Waals surface area (Å²) >= 11 is 0. The van der Waals surface area contributed by atoms with Gasteiger partial charge in [-0.1, -0.05) is 56.9 Å². The van der Waals surface area contributed by atoms with Crippen LogP contribution >= 0.6 is 0 Å². The maximum Gasteiger partial charge on any atom is 0.204 e. The Kier molecular flexibility index (Phi) is 8.86. The van der Waals surface area contributed by atoms with Gasteiger partial charge < -0.3 is 9.47 Å². The van der Waals surface area contributed by atoms with E-state index in [0.717, 1.165) is 23.3 Å². The maximum absolute atomic E-state index is 14.2. The highest BCUT2D eigenvalue weighted by molar-refractivity contribution is 5.35. The molecule has 0 amide bonds. The topological polar surface area (TPSA) is 18.5 Å². The minimum absolute atomic E-state index is 0.0874. The van der Waals surface area contributed by atoms with Crippen LogP contribution in [-0.4, -0.2) is 6.61 Å². The Morgan fingerprint density at radius 1 is 0.706 bits per heavy atom. The molecule has 2 aromatic carbocycles. The van der Waals surface area contributed by atoms with Gasteiger partial charge in [-0.2, -0.15) is 8.78 Å². The van der Waals surface area contributed by atoms with Crippen molar-refractivity contribution >= 4 is 0 Å². The van der Waals surface area contributed by atoms with Gasteiger partial charge in [0, 0.05) is 0 Å². The van der Waals surface area contributed by atoms with Crippen LogP contribution in [0.5, 0.6) is 11.5 Å². The Bertz CT molecular complexity index is 895. The molecule has 2 aromatic rings. The lowest BCUT2D eigenvalue weighted by Gasteiger charge is -2.38.